The molecule has 2 rings (SSSR count). The fraction of sp³-hybridized carbons (Fsp3) is 0.600. The second kappa shape index (κ2) is 5.63. The Labute approximate surface area is 116 Å². The summed E-state index contributed by atoms with van der Waals surface area (Å²) in [7, 11) is -2.88. The van der Waals surface area contributed by atoms with Gasteiger partial charge in [0.25, 0.3) is 0 Å². The van der Waals surface area contributed by atoms with Gasteiger partial charge in [-0.05, 0) is 50.4 Å². The first kappa shape index (κ1) is 14.5. The summed E-state index contributed by atoms with van der Waals surface area (Å²) < 4.78 is 23.8. The summed E-state index contributed by atoms with van der Waals surface area (Å²) in [5.74, 6) is 0.291. The molecule has 1 aromatic carbocycles. The van der Waals surface area contributed by atoms with Crippen molar-refractivity contribution in [2.45, 2.75) is 39.0 Å². The number of hydrogen-bond acceptors (Lipinski definition) is 3. The third-order valence-electron chi connectivity index (χ3n) is 4.27. The molecule has 1 fully saturated rings. The Morgan fingerprint density at radius 2 is 2.00 bits per heavy atom. The van der Waals surface area contributed by atoms with E-state index in [1.54, 1.807) is 0 Å². The van der Waals surface area contributed by atoms with Crippen molar-refractivity contribution < 1.29 is 8.42 Å². The molecule has 1 aliphatic rings. The molecule has 1 saturated heterocycles. The van der Waals surface area contributed by atoms with E-state index < -0.39 is 9.84 Å². The van der Waals surface area contributed by atoms with Crippen molar-refractivity contribution in [2.24, 2.45) is 0 Å². The fourth-order valence-electron chi connectivity index (χ4n) is 2.50. The van der Waals surface area contributed by atoms with Crippen LogP contribution in [0, 0.1) is 13.8 Å². The quantitative estimate of drug-likeness (QED) is 0.835. The number of hydrogen-bond donors (Lipinski definition) is 0. The van der Waals surface area contributed by atoms with Gasteiger partial charge in [-0.1, -0.05) is 18.2 Å². The monoisotopic (exact) mass is 281 g/mol. The smallest absolute Gasteiger partial charge is 0.154 e. The molecule has 0 aromatic heterocycles. The number of aryl methyl sites for hydroxylation is 1. The number of rotatable bonds is 2. The molecule has 1 heterocycles. The maximum absolute atomic E-state index is 11.9. The number of benzene rings is 1. The average Bonchev–Trinajstić information content (AvgIpc) is 2.48. The largest absolute Gasteiger partial charge is 0.298 e. The van der Waals surface area contributed by atoms with E-state index in [1.165, 1.54) is 16.7 Å². The first-order valence-corrected chi connectivity index (χ1v) is 8.60. The summed E-state index contributed by atoms with van der Waals surface area (Å²) in [4.78, 5) is 2.27. The maximum atomic E-state index is 11.9. The van der Waals surface area contributed by atoms with Gasteiger partial charge in [0.1, 0.15) is 0 Å². The topological polar surface area (TPSA) is 37.4 Å². The van der Waals surface area contributed by atoms with E-state index in [4.69, 9.17) is 0 Å². The molecule has 0 bridgehead atoms. The molecular formula is C15H23NO2S. The van der Waals surface area contributed by atoms with Crippen molar-refractivity contribution in [3.63, 3.8) is 0 Å². The third kappa shape index (κ3) is 3.37. The zero-order valence-electron chi connectivity index (χ0n) is 12.0. The highest BCUT2D eigenvalue weighted by atomic mass is 32.2. The van der Waals surface area contributed by atoms with Crippen molar-refractivity contribution in [2.75, 3.05) is 18.8 Å². The van der Waals surface area contributed by atoms with Crippen molar-refractivity contribution >= 4 is 9.84 Å². The molecular weight excluding hydrogens is 258 g/mol. The molecule has 0 radical (unpaired) electrons. The minimum Gasteiger partial charge on any atom is -0.298 e. The molecule has 1 atom stereocenters. The van der Waals surface area contributed by atoms with Crippen LogP contribution < -0.4 is 0 Å². The second-order valence-corrected chi connectivity index (χ2v) is 8.14. The highest BCUT2D eigenvalue weighted by molar-refractivity contribution is 7.92. The van der Waals surface area contributed by atoms with Gasteiger partial charge in [0.15, 0.2) is 9.84 Å². The number of sulfone groups is 1. The molecule has 3 nitrogen and oxygen atoms in total. The standard InChI is InChI=1S/C15H23NO2S/c1-12-5-4-6-15(14(12)3)11-16-8-7-13(2)19(17,18)10-9-16/h4-6,13H,7-11H2,1-3H3/t13-/m0/s1. The average molecular weight is 281 g/mol. The van der Waals surface area contributed by atoms with Crippen LogP contribution in [0.15, 0.2) is 18.2 Å². The Balaban J connectivity index is 2.10. The summed E-state index contributed by atoms with van der Waals surface area (Å²) in [5, 5.41) is -0.198. The Hall–Kier alpha value is -0.870. The van der Waals surface area contributed by atoms with Crippen LogP contribution in [-0.4, -0.2) is 37.4 Å². The van der Waals surface area contributed by atoms with Crippen molar-refractivity contribution in [3.05, 3.63) is 34.9 Å². The lowest BCUT2D eigenvalue weighted by Crippen LogP contribution is -2.27. The van der Waals surface area contributed by atoms with Gasteiger partial charge in [0, 0.05) is 13.1 Å². The normalized spacial score (nSPS) is 24.1. The highest BCUT2D eigenvalue weighted by Crippen LogP contribution is 2.18. The Kier molecular flexibility index (Phi) is 4.31. The van der Waals surface area contributed by atoms with Crippen molar-refractivity contribution in [3.8, 4) is 0 Å². The van der Waals surface area contributed by atoms with E-state index in [2.05, 4.69) is 36.9 Å². The van der Waals surface area contributed by atoms with Crippen LogP contribution in [0.5, 0.6) is 0 Å². The minimum atomic E-state index is -2.88. The van der Waals surface area contributed by atoms with E-state index in [0.29, 0.717) is 12.3 Å². The molecule has 0 spiro atoms. The molecule has 106 valence electrons. The van der Waals surface area contributed by atoms with Crippen LogP contribution in [-0.2, 0) is 16.4 Å². The molecule has 1 aliphatic heterocycles. The first-order chi connectivity index (χ1) is 8.90. The molecule has 1 aromatic rings. The van der Waals surface area contributed by atoms with Crippen LogP contribution in [0.2, 0.25) is 0 Å². The van der Waals surface area contributed by atoms with Crippen LogP contribution >= 0.6 is 0 Å². The lowest BCUT2D eigenvalue weighted by atomic mass is 10.0. The summed E-state index contributed by atoms with van der Waals surface area (Å²) in [6.07, 6.45) is 0.743. The predicted octanol–water partition coefficient (Wildman–Crippen LogP) is 2.31. The third-order valence-corrected chi connectivity index (χ3v) is 6.48. The van der Waals surface area contributed by atoms with Gasteiger partial charge in [-0.15, -0.1) is 0 Å². The maximum Gasteiger partial charge on any atom is 0.154 e. The van der Waals surface area contributed by atoms with E-state index in [-0.39, 0.29) is 5.25 Å². The fourth-order valence-corrected chi connectivity index (χ4v) is 3.88. The lowest BCUT2D eigenvalue weighted by Gasteiger charge is -2.21. The number of nitrogens with zero attached hydrogens (tertiary/aromatic N) is 1. The molecule has 0 unspecified atom stereocenters. The van der Waals surface area contributed by atoms with Crippen LogP contribution in [0.3, 0.4) is 0 Å². The van der Waals surface area contributed by atoms with E-state index in [9.17, 15) is 8.42 Å². The summed E-state index contributed by atoms with van der Waals surface area (Å²) >= 11 is 0. The Morgan fingerprint density at radius 1 is 1.26 bits per heavy atom. The van der Waals surface area contributed by atoms with Gasteiger partial charge in [0.2, 0.25) is 0 Å². The minimum absolute atomic E-state index is 0.198. The van der Waals surface area contributed by atoms with E-state index in [0.717, 1.165) is 19.5 Å². The summed E-state index contributed by atoms with van der Waals surface area (Å²) in [6, 6.07) is 6.34. The molecule has 0 saturated carbocycles. The van der Waals surface area contributed by atoms with E-state index >= 15 is 0 Å². The zero-order chi connectivity index (χ0) is 14.0. The van der Waals surface area contributed by atoms with Gasteiger partial charge < -0.3 is 0 Å². The van der Waals surface area contributed by atoms with Crippen LogP contribution in [0.4, 0.5) is 0 Å². The molecule has 0 aliphatic carbocycles. The van der Waals surface area contributed by atoms with Gasteiger partial charge in [-0.2, -0.15) is 0 Å². The zero-order valence-corrected chi connectivity index (χ0v) is 12.8. The Morgan fingerprint density at radius 3 is 2.74 bits per heavy atom. The molecule has 4 heteroatoms. The SMILES string of the molecule is Cc1cccc(CN2CC[C@H](C)S(=O)(=O)CC2)c1C. The summed E-state index contributed by atoms with van der Waals surface area (Å²) in [5.41, 5.74) is 3.93. The highest BCUT2D eigenvalue weighted by Gasteiger charge is 2.26. The molecule has 19 heavy (non-hydrogen) atoms. The predicted molar refractivity (Wildman–Crippen MR) is 79.1 cm³/mol. The van der Waals surface area contributed by atoms with Gasteiger partial charge in [-0.25, -0.2) is 8.42 Å². The second-order valence-electron chi connectivity index (χ2n) is 5.60. The van der Waals surface area contributed by atoms with Crippen LogP contribution in [0.1, 0.15) is 30.0 Å². The van der Waals surface area contributed by atoms with Crippen LogP contribution in [0.25, 0.3) is 0 Å². The first-order valence-electron chi connectivity index (χ1n) is 6.89. The summed E-state index contributed by atoms with van der Waals surface area (Å²) in [6.45, 7) is 8.47. The lowest BCUT2D eigenvalue weighted by molar-refractivity contribution is 0.283. The Bertz CT molecular complexity index is 551. The van der Waals surface area contributed by atoms with Crippen molar-refractivity contribution in [1.82, 2.24) is 4.90 Å². The van der Waals surface area contributed by atoms with Gasteiger partial charge in [0.05, 0.1) is 11.0 Å². The van der Waals surface area contributed by atoms with E-state index in [1.807, 2.05) is 6.92 Å². The molecule has 0 amide bonds. The van der Waals surface area contributed by atoms with Gasteiger partial charge >= 0.3 is 0 Å². The van der Waals surface area contributed by atoms with Crippen molar-refractivity contribution in [1.29, 1.82) is 0 Å². The molecule has 0 N–H and O–H groups in total. The van der Waals surface area contributed by atoms with Gasteiger partial charge in [-0.3, -0.25) is 4.90 Å².